The van der Waals surface area contributed by atoms with Gasteiger partial charge in [0.15, 0.2) is 5.13 Å². The molecule has 0 saturated carbocycles. The van der Waals surface area contributed by atoms with Crippen LogP contribution in [0.4, 0.5) is 18.3 Å². The van der Waals surface area contributed by atoms with Crippen LogP contribution in [0, 0.1) is 0 Å². The molecule has 17 heavy (non-hydrogen) atoms. The van der Waals surface area contributed by atoms with Gasteiger partial charge in [-0.05, 0) is 18.2 Å². The van der Waals surface area contributed by atoms with E-state index in [1.807, 2.05) is 0 Å². The van der Waals surface area contributed by atoms with E-state index in [9.17, 15) is 13.2 Å². The number of nitrogens with one attached hydrogen (secondary N) is 1. The van der Waals surface area contributed by atoms with Crippen LogP contribution < -0.4 is 5.43 Å². The largest absolute Gasteiger partial charge is 0.416 e. The fourth-order valence-corrected chi connectivity index (χ4v) is 2.27. The van der Waals surface area contributed by atoms with Crippen molar-refractivity contribution in [1.82, 2.24) is 9.99 Å². The Labute approximate surface area is 99.8 Å². The highest BCUT2D eigenvalue weighted by Crippen LogP contribution is 2.33. The van der Waals surface area contributed by atoms with Crippen molar-refractivity contribution in [1.29, 1.82) is 0 Å². The van der Waals surface area contributed by atoms with E-state index in [-0.39, 0.29) is 0 Å². The lowest BCUT2D eigenvalue weighted by Gasteiger charge is -2.08. The minimum Gasteiger partial charge on any atom is -0.295 e. The molecule has 0 unspecified atom stereocenters. The monoisotopic (exact) mass is 261 g/mol. The van der Waals surface area contributed by atoms with Crippen molar-refractivity contribution in [3.05, 3.63) is 23.8 Å². The summed E-state index contributed by atoms with van der Waals surface area (Å²) in [6.07, 6.45) is -4.33. The van der Waals surface area contributed by atoms with Crippen LogP contribution in [0.5, 0.6) is 0 Å². The summed E-state index contributed by atoms with van der Waals surface area (Å²) >= 11 is 1.31. The zero-order chi connectivity index (χ0) is 12.6. The molecule has 1 aromatic heterocycles. The predicted octanol–water partition coefficient (Wildman–Crippen LogP) is 3.20. The lowest BCUT2D eigenvalue weighted by Crippen LogP contribution is -2.19. The van der Waals surface area contributed by atoms with Crippen LogP contribution in [0.1, 0.15) is 5.56 Å². The topological polar surface area (TPSA) is 28.2 Å². The van der Waals surface area contributed by atoms with E-state index < -0.39 is 11.7 Å². The molecule has 0 atom stereocenters. The molecule has 1 aromatic carbocycles. The molecular weight excluding hydrogens is 251 g/mol. The molecule has 0 radical (unpaired) electrons. The molecule has 2 rings (SSSR count). The van der Waals surface area contributed by atoms with Crippen LogP contribution in [0.3, 0.4) is 0 Å². The summed E-state index contributed by atoms with van der Waals surface area (Å²) in [5.41, 5.74) is 2.59. The van der Waals surface area contributed by atoms with Gasteiger partial charge in [0.1, 0.15) is 0 Å². The molecule has 0 amide bonds. The van der Waals surface area contributed by atoms with Gasteiger partial charge >= 0.3 is 6.18 Å². The van der Waals surface area contributed by atoms with Gasteiger partial charge in [-0.25, -0.2) is 9.99 Å². The second-order valence-corrected chi connectivity index (χ2v) is 4.74. The lowest BCUT2D eigenvalue weighted by atomic mass is 10.2. The van der Waals surface area contributed by atoms with Gasteiger partial charge in [-0.1, -0.05) is 11.3 Å². The Morgan fingerprint density at radius 3 is 2.59 bits per heavy atom. The number of nitrogens with zero attached hydrogens (tertiary/aromatic N) is 2. The second kappa shape index (κ2) is 4.15. The van der Waals surface area contributed by atoms with Gasteiger partial charge in [-0.2, -0.15) is 13.2 Å². The highest BCUT2D eigenvalue weighted by Gasteiger charge is 2.30. The van der Waals surface area contributed by atoms with Crippen molar-refractivity contribution in [2.45, 2.75) is 6.18 Å². The van der Waals surface area contributed by atoms with Crippen LogP contribution in [0.25, 0.3) is 10.2 Å². The average Bonchev–Trinajstić information content (AvgIpc) is 2.55. The Kier molecular flexibility index (Phi) is 2.96. The van der Waals surface area contributed by atoms with Crippen molar-refractivity contribution in [2.24, 2.45) is 0 Å². The van der Waals surface area contributed by atoms with Crippen LogP contribution in [0.15, 0.2) is 18.2 Å². The minimum atomic E-state index is -4.33. The summed E-state index contributed by atoms with van der Waals surface area (Å²) in [5.74, 6) is 0. The zero-order valence-electron chi connectivity index (χ0n) is 9.17. The molecule has 1 N–H and O–H groups in total. The van der Waals surface area contributed by atoms with Gasteiger partial charge in [0.05, 0.1) is 15.8 Å². The molecule has 3 nitrogen and oxygen atoms in total. The zero-order valence-corrected chi connectivity index (χ0v) is 9.99. The van der Waals surface area contributed by atoms with Crippen molar-refractivity contribution >= 4 is 26.7 Å². The molecule has 92 valence electrons. The van der Waals surface area contributed by atoms with E-state index in [0.29, 0.717) is 10.6 Å². The minimum absolute atomic E-state index is 0.356. The van der Waals surface area contributed by atoms with Gasteiger partial charge < -0.3 is 0 Å². The number of hydrazine groups is 1. The molecule has 0 bridgehead atoms. The number of benzene rings is 1. The van der Waals surface area contributed by atoms with Crippen LogP contribution >= 0.6 is 11.3 Å². The Hall–Kier alpha value is -1.34. The normalized spacial score (nSPS) is 12.4. The SMILES string of the molecule is CN(C)Nc1nc2cc(C(F)(F)F)ccc2s1. The number of thiazole rings is 1. The summed E-state index contributed by atoms with van der Waals surface area (Å²) in [6.45, 7) is 0. The molecule has 0 spiro atoms. The molecule has 0 fully saturated rings. The van der Waals surface area contributed by atoms with Crippen molar-refractivity contribution < 1.29 is 13.2 Å². The summed E-state index contributed by atoms with van der Waals surface area (Å²) in [5, 5.41) is 2.26. The molecular formula is C10H10F3N3S. The van der Waals surface area contributed by atoms with Crippen LogP contribution in [-0.2, 0) is 6.18 Å². The molecule has 2 aromatic rings. The molecule has 0 aliphatic heterocycles. The maximum atomic E-state index is 12.5. The van der Waals surface area contributed by atoms with E-state index in [0.717, 1.165) is 16.8 Å². The maximum absolute atomic E-state index is 12.5. The summed E-state index contributed by atoms with van der Waals surface area (Å²) < 4.78 is 38.2. The van der Waals surface area contributed by atoms with E-state index >= 15 is 0 Å². The number of hydrogen-bond donors (Lipinski definition) is 1. The van der Waals surface area contributed by atoms with Gasteiger partial charge in [0.25, 0.3) is 0 Å². The van der Waals surface area contributed by atoms with Crippen LogP contribution in [0.2, 0.25) is 0 Å². The van der Waals surface area contributed by atoms with Gasteiger partial charge in [0, 0.05) is 14.1 Å². The summed E-state index contributed by atoms with van der Waals surface area (Å²) in [6, 6.07) is 3.57. The highest BCUT2D eigenvalue weighted by molar-refractivity contribution is 7.22. The molecule has 0 aliphatic carbocycles. The van der Waals surface area contributed by atoms with E-state index in [1.165, 1.54) is 17.4 Å². The first-order valence-electron chi connectivity index (χ1n) is 4.78. The Morgan fingerprint density at radius 1 is 1.29 bits per heavy atom. The highest BCUT2D eigenvalue weighted by atomic mass is 32.1. The third kappa shape index (κ3) is 2.67. The summed E-state index contributed by atoms with van der Waals surface area (Å²) in [7, 11) is 3.57. The van der Waals surface area contributed by atoms with Gasteiger partial charge in [0.2, 0.25) is 0 Å². The number of halogens is 3. The lowest BCUT2D eigenvalue weighted by molar-refractivity contribution is -0.137. The number of hydrogen-bond acceptors (Lipinski definition) is 4. The van der Waals surface area contributed by atoms with Crippen molar-refractivity contribution in [3.63, 3.8) is 0 Å². The van der Waals surface area contributed by atoms with Crippen LogP contribution in [-0.4, -0.2) is 24.1 Å². The quantitative estimate of drug-likeness (QED) is 0.841. The Balaban J connectivity index is 2.41. The van der Waals surface area contributed by atoms with Crippen molar-refractivity contribution in [3.8, 4) is 0 Å². The first-order valence-corrected chi connectivity index (χ1v) is 5.59. The van der Waals surface area contributed by atoms with Crippen molar-refractivity contribution in [2.75, 3.05) is 19.5 Å². The predicted molar refractivity (Wildman–Crippen MR) is 61.9 cm³/mol. The first kappa shape index (κ1) is 12.1. The third-order valence-electron chi connectivity index (χ3n) is 2.03. The number of alkyl halides is 3. The number of rotatable bonds is 2. The summed E-state index contributed by atoms with van der Waals surface area (Å²) in [4.78, 5) is 4.09. The smallest absolute Gasteiger partial charge is 0.295 e. The Morgan fingerprint density at radius 2 is 2.00 bits per heavy atom. The van der Waals surface area contributed by atoms with Gasteiger partial charge in [-0.15, -0.1) is 0 Å². The molecule has 0 aliphatic rings. The van der Waals surface area contributed by atoms with E-state index in [1.54, 1.807) is 19.1 Å². The fourth-order valence-electron chi connectivity index (χ4n) is 1.34. The molecule has 0 saturated heterocycles. The Bertz CT molecular complexity index is 533. The van der Waals surface area contributed by atoms with E-state index in [4.69, 9.17) is 0 Å². The standard InChI is InChI=1S/C10H10F3N3S/c1-16(2)15-9-14-7-5-6(10(11,12)13)3-4-8(7)17-9/h3-5H,1-2H3,(H,14,15). The van der Waals surface area contributed by atoms with E-state index in [2.05, 4.69) is 10.4 Å². The maximum Gasteiger partial charge on any atom is 0.416 e. The number of anilines is 1. The molecule has 7 heteroatoms. The van der Waals surface area contributed by atoms with Gasteiger partial charge in [-0.3, -0.25) is 5.43 Å². The molecule has 1 heterocycles. The number of aromatic nitrogens is 1. The third-order valence-corrected chi connectivity index (χ3v) is 2.98. The first-order chi connectivity index (χ1) is 7.86. The number of fused-ring (bicyclic) bond motifs is 1. The fraction of sp³-hybridized carbons (Fsp3) is 0.300. The second-order valence-electron chi connectivity index (χ2n) is 3.71. The average molecular weight is 261 g/mol.